The summed E-state index contributed by atoms with van der Waals surface area (Å²) in [5, 5.41) is 10.3. The molecule has 0 radical (unpaired) electrons. The molecule has 0 amide bonds. The first-order chi connectivity index (χ1) is 4.61. The number of hydrogen-bond acceptors (Lipinski definition) is 3. The average Bonchev–Trinajstić information content (AvgIpc) is 2.10. The van der Waals surface area contributed by atoms with Gasteiger partial charge in [-0.1, -0.05) is 6.92 Å². The number of nitro groups is 1. The maximum Gasteiger partial charge on any atom is 0.229 e. The molecule has 0 saturated carbocycles. The molecule has 0 aromatic rings. The Morgan fingerprint density at radius 2 is 2.20 bits per heavy atom. The topological polar surface area (TPSA) is 46.4 Å². The molecular formula is C6H12N2O2. The number of likely N-dealkylation sites (tertiary alicyclic amines) is 1. The highest BCUT2D eigenvalue weighted by molar-refractivity contribution is 4.78. The van der Waals surface area contributed by atoms with E-state index in [1.54, 1.807) is 0 Å². The third-order valence-electron chi connectivity index (χ3n) is 2.03. The van der Waals surface area contributed by atoms with Gasteiger partial charge in [-0.3, -0.25) is 15.0 Å². The van der Waals surface area contributed by atoms with Gasteiger partial charge in [-0.25, -0.2) is 0 Å². The molecule has 1 rings (SSSR count). The Kier molecular flexibility index (Phi) is 1.89. The molecule has 0 aliphatic carbocycles. The average molecular weight is 144 g/mol. The Balaban J connectivity index is 2.54. The molecule has 1 fully saturated rings. The molecule has 0 bridgehead atoms. The Labute approximate surface area is 60.0 Å². The summed E-state index contributed by atoms with van der Waals surface area (Å²) in [7, 11) is 1.92. The van der Waals surface area contributed by atoms with E-state index in [9.17, 15) is 10.1 Å². The molecule has 0 spiro atoms. The second kappa shape index (κ2) is 2.54. The first kappa shape index (κ1) is 7.47. The molecule has 58 valence electrons. The monoisotopic (exact) mass is 144 g/mol. The van der Waals surface area contributed by atoms with E-state index in [0.29, 0.717) is 6.54 Å². The van der Waals surface area contributed by atoms with Crippen molar-refractivity contribution in [3.63, 3.8) is 0 Å². The highest BCUT2D eigenvalue weighted by atomic mass is 16.6. The molecule has 0 aromatic heterocycles. The molecule has 4 heteroatoms. The number of rotatable bonds is 1. The molecule has 4 nitrogen and oxygen atoms in total. The fourth-order valence-corrected chi connectivity index (χ4v) is 1.46. The summed E-state index contributed by atoms with van der Waals surface area (Å²) in [5.41, 5.74) is 0. The van der Waals surface area contributed by atoms with Gasteiger partial charge in [0, 0.05) is 17.4 Å². The Morgan fingerprint density at radius 3 is 2.40 bits per heavy atom. The molecule has 1 heterocycles. The van der Waals surface area contributed by atoms with Crippen molar-refractivity contribution in [1.82, 2.24) is 4.90 Å². The van der Waals surface area contributed by atoms with Crippen molar-refractivity contribution >= 4 is 0 Å². The lowest BCUT2D eigenvalue weighted by Gasteiger charge is -2.03. The third kappa shape index (κ3) is 1.26. The Morgan fingerprint density at radius 1 is 1.60 bits per heavy atom. The Hall–Kier alpha value is -0.640. The second-order valence-electron chi connectivity index (χ2n) is 3.05. The van der Waals surface area contributed by atoms with Gasteiger partial charge in [0.1, 0.15) is 0 Å². The van der Waals surface area contributed by atoms with Gasteiger partial charge in [-0.05, 0) is 7.05 Å². The van der Waals surface area contributed by atoms with Crippen LogP contribution >= 0.6 is 0 Å². The largest absolute Gasteiger partial charge is 0.299 e. The smallest absolute Gasteiger partial charge is 0.229 e. The Bertz CT molecular complexity index is 149. The highest BCUT2D eigenvalue weighted by Crippen LogP contribution is 2.16. The zero-order valence-electron chi connectivity index (χ0n) is 6.28. The highest BCUT2D eigenvalue weighted by Gasteiger charge is 2.35. The molecule has 1 aliphatic heterocycles. The van der Waals surface area contributed by atoms with E-state index >= 15 is 0 Å². The van der Waals surface area contributed by atoms with Gasteiger partial charge in [0.25, 0.3) is 0 Å². The van der Waals surface area contributed by atoms with E-state index in [2.05, 4.69) is 0 Å². The fourth-order valence-electron chi connectivity index (χ4n) is 1.46. The molecule has 0 N–H and O–H groups in total. The van der Waals surface area contributed by atoms with Crippen molar-refractivity contribution in [3.05, 3.63) is 10.1 Å². The van der Waals surface area contributed by atoms with Gasteiger partial charge in [0.2, 0.25) is 6.04 Å². The minimum absolute atomic E-state index is 0.172. The first-order valence-corrected chi connectivity index (χ1v) is 3.43. The fraction of sp³-hybridized carbons (Fsp3) is 1.00. The lowest BCUT2D eigenvalue weighted by Crippen LogP contribution is -2.26. The number of nitrogens with zero attached hydrogens (tertiary/aromatic N) is 2. The predicted octanol–water partition coefficient (Wildman–Crippen LogP) is 0.213. The van der Waals surface area contributed by atoms with Crippen LogP contribution in [-0.2, 0) is 0 Å². The van der Waals surface area contributed by atoms with Crippen LogP contribution in [-0.4, -0.2) is 36.0 Å². The zero-order chi connectivity index (χ0) is 7.72. The van der Waals surface area contributed by atoms with Crippen molar-refractivity contribution in [2.75, 3.05) is 20.1 Å². The van der Waals surface area contributed by atoms with E-state index in [4.69, 9.17) is 0 Å². The molecule has 10 heavy (non-hydrogen) atoms. The molecule has 2 atom stereocenters. The van der Waals surface area contributed by atoms with Crippen LogP contribution in [0.3, 0.4) is 0 Å². The quantitative estimate of drug-likeness (QED) is 0.390. The second-order valence-corrected chi connectivity index (χ2v) is 3.05. The van der Waals surface area contributed by atoms with Crippen molar-refractivity contribution in [1.29, 1.82) is 0 Å². The molecular weight excluding hydrogens is 132 g/mol. The van der Waals surface area contributed by atoms with E-state index in [-0.39, 0.29) is 16.9 Å². The lowest BCUT2D eigenvalue weighted by molar-refractivity contribution is -0.525. The number of likely N-dealkylation sites (N-methyl/N-ethyl adjacent to an activating group) is 1. The van der Waals surface area contributed by atoms with Crippen LogP contribution in [0.2, 0.25) is 0 Å². The molecule has 1 aliphatic rings. The summed E-state index contributed by atoms with van der Waals surface area (Å²) in [6.45, 7) is 3.39. The van der Waals surface area contributed by atoms with Crippen molar-refractivity contribution in [2.24, 2.45) is 5.92 Å². The van der Waals surface area contributed by atoms with Crippen molar-refractivity contribution < 1.29 is 4.92 Å². The van der Waals surface area contributed by atoms with E-state index < -0.39 is 0 Å². The van der Waals surface area contributed by atoms with Crippen LogP contribution in [0.5, 0.6) is 0 Å². The summed E-state index contributed by atoms with van der Waals surface area (Å²) in [6.07, 6.45) is 0. The SMILES string of the molecule is C[C@H]1CN(C)C[C@@H]1[N+](=O)[O-]. The van der Waals surface area contributed by atoms with Gasteiger partial charge < -0.3 is 0 Å². The standard InChI is InChI=1S/C6H12N2O2/c1-5-3-7(2)4-6(5)8(9)10/h5-6H,3-4H2,1-2H3/t5-,6-/m0/s1. The molecule has 0 unspecified atom stereocenters. The van der Waals surface area contributed by atoms with Crippen LogP contribution in [0, 0.1) is 16.0 Å². The maximum atomic E-state index is 10.3. The van der Waals surface area contributed by atoms with Crippen LogP contribution in [0.15, 0.2) is 0 Å². The summed E-state index contributed by atoms with van der Waals surface area (Å²) in [5.74, 6) is 0.208. The zero-order valence-corrected chi connectivity index (χ0v) is 6.28. The normalized spacial score (nSPS) is 34.6. The summed E-state index contributed by atoms with van der Waals surface area (Å²) in [6, 6.07) is -0.343. The van der Waals surface area contributed by atoms with Gasteiger partial charge >= 0.3 is 0 Å². The van der Waals surface area contributed by atoms with Crippen LogP contribution in [0.4, 0.5) is 0 Å². The lowest BCUT2D eigenvalue weighted by atomic mass is 10.1. The minimum atomic E-state index is -0.343. The van der Waals surface area contributed by atoms with Crippen molar-refractivity contribution in [2.45, 2.75) is 13.0 Å². The summed E-state index contributed by atoms with van der Waals surface area (Å²) < 4.78 is 0. The number of hydrogen-bond donors (Lipinski definition) is 0. The van der Waals surface area contributed by atoms with E-state index in [1.807, 2.05) is 18.9 Å². The van der Waals surface area contributed by atoms with Gasteiger partial charge in [-0.2, -0.15) is 0 Å². The van der Waals surface area contributed by atoms with Gasteiger partial charge in [-0.15, -0.1) is 0 Å². The predicted molar refractivity (Wildman–Crippen MR) is 37.4 cm³/mol. The van der Waals surface area contributed by atoms with Crippen LogP contribution < -0.4 is 0 Å². The van der Waals surface area contributed by atoms with Crippen LogP contribution in [0.25, 0.3) is 0 Å². The van der Waals surface area contributed by atoms with E-state index in [0.717, 1.165) is 6.54 Å². The molecule has 1 saturated heterocycles. The molecule has 0 aromatic carbocycles. The van der Waals surface area contributed by atoms with Crippen molar-refractivity contribution in [3.8, 4) is 0 Å². The summed E-state index contributed by atoms with van der Waals surface area (Å²) in [4.78, 5) is 12.2. The van der Waals surface area contributed by atoms with Gasteiger partial charge in [0.15, 0.2) is 0 Å². The van der Waals surface area contributed by atoms with Gasteiger partial charge in [0.05, 0.1) is 6.54 Å². The maximum absolute atomic E-state index is 10.3. The van der Waals surface area contributed by atoms with Crippen LogP contribution in [0.1, 0.15) is 6.92 Å². The first-order valence-electron chi connectivity index (χ1n) is 3.43. The third-order valence-corrected chi connectivity index (χ3v) is 2.03. The minimum Gasteiger partial charge on any atom is -0.299 e. The summed E-state index contributed by atoms with van der Waals surface area (Å²) >= 11 is 0. The van der Waals surface area contributed by atoms with E-state index in [1.165, 1.54) is 0 Å².